The van der Waals surface area contributed by atoms with Gasteiger partial charge in [0.15, 0.2) is 0 Å². The van der Waals surface area contributed by atoms with Crippen LogP contribution in [0.2, 0.25) is 0 Å². The summed E-state index contributed by atoms with van der Waals surface area (Å²) in [7, 11) is 3.27. The van der Waals surface area contributed by atoms with Crippen LogP contribution >= 0.6 is 0 Å². The second-order valence-electron chi connectivity index (χ2n) is 3.45. The number of hydrogen-bond donors (Lipinski definition) is 1. The first-order chi connectivity index (χ1) is 8.33. The van der Waals surface area contributed by atoms with Crippen molar-refractivity contribution in [2.45, 2.75) is 0 Å². The number of methoxy groups -OCH3 is 2. The summed E-state index contributed by atoms with van der Waals surface area (Å²) in [5.74, 6) is 1.56. The Morgan fingerprint density at radius 2 is 2.00 bits per heavy atom. The summed E-state index contributed by atoms with van der Waals surface area (Å²) in [5.41, 5.74) is 1.94. The third-order valence-electron chi connectivity index (χ3n) is 2.41. The van der Waals surface area contributed by atoms with Crippen LogP contribution < -0.4 is 9.47 Å². The lowest BCUT2D eigenvalue weighted by molar-refractivity contribution is 0.394. The van der Waals surface area contributed by atoms with Crippen molar-refractivity contribution in [3.63, 3.8) is 0 Å². The molecule has 0 saturated heterocycles. The SMILES string of the molecule is COc1ccc(/C=C/c2ccn[nH]2)c(OC)c1. The van der Waals surface area contributed by atoms with Crippen LogP contribution in [0.4, 0.5) is 0 Å². The van der Waals surface area contributed by atoms with E-state index in [-0.39, 0.29) is 0 Å². The second-order valence-corrected chi connectivity index (χ2v) is 3.45. The van der Waals surface area contributed by atoms with Gasteiger partial charge in [-0.15, -0.1) is 0 Å². The molecule has 2 aromatic rings. The number of rotatable bonds is 4. The predicted molar refractivity (Wildman–Crippen MR) is 67.1 cm³/mol. The lowest BCUT2D eigenvalue weighted by Gasteiger charge is -2.06. The van der Waals surface area contributed by atoms with E-state index in [1.807, 2.05) is 36.4 Å². The van der Waals surface area contributed by atoms with E-state index in [9.17, 15) is 0 Å². The van der Waals surface area contributed by atoms with Crippen LogP contribution in [-0.2, 0) is 0 Å². The zero-order chi connectivity index (χ0) is 12.1. The maximum Gasteiger partial charge on any atom is 0.129 e. The van der Waals surface area contributed by atoms with E-state index in [0.29, 0.717) is 0 Å². The Kier molecular flexibility index (Phi) is 3.45. The second kappa shape index (κ2) is 5.21. The van der Waals surface area contributed by atoms with Crippen molar-refractivity contribution in [2.75, 3.05) is 14.2 Å². The van der Waals surface area contributed by atoms with E-state index in [1.54, 1.807) is 20.4 Å². The van der Waals surface area contributed by atoms with Crippen molar-refractivity contribution in [3.8, 4) is 11.5 Å². The van der Waals surface area contributed by atoms with Gasteiger partial charge in [0, 0.05) is 17.8 Å². The molecule has 88 valence electrons. The molecule has 0 fully saturated rings. The average Bonchev–Trinajstić information content (AvgIpc) is 2.89. The molecule has 0 radical (unpaired) electrons. The van der Waals surface area contributed by atoms with Crippen LogP contribution in [0.1, 0.15) is 11.3 Å². The Balaban J connectivity index is 2.26. The first-order valence-corrected chi connectivity index (χ1v) is 5.23. The molecule has 0 atom stereocenters. The van der Waals surface area contributed by atoms with Crippen LogP contribution in [0.25, 0.3) is 12.2 Å². The molecular weight excluding hydrogens is 216 g/mol. The summed E-state index contributed by atoms with van der Waals surface area (Å²) in [6.07, 6.45) is 5.62. The molecular formula is C13H14N2O2. The molecule has 17 heavy (non-hydrogen) atoms. The van der Waals surface area contributed by atoms with Crippen LogP contribution in [0, 0.1) is 0 Å². The van der Waals surface area contributed by atoms with Gasteiger partial charge >= 0.3 is 0 Å². The molecule has 0 unspecified atom stereocenters. The Bertz CT molecular complexity index is 504. The molecule has 0 aliphatic heterocycles. The summed E-state index contributed by atoms with van der Waals surface area (Å²) in [5, 5.41) is 6.74. The Morgan fingerprint density at radius 3 is 2.65 bits per heavy atom. The summed E-state index contributed by atoms with van der Waals surface area (Å²) in [4.78, 5) is 0. The molecule has 0 amide bonds. The molecule has 1 heterocycles. The quantitative estimate of drug-likeness (QED) is 0.878. The smallest absolute Gasteiger partial charge is 0.129 e. The van der Waals surface area contributed by atoms with Crippen molar-refractivity contribution in [1.82, 2.24) is 10.2 Å². The molecule has 1 aromatic carbocycles. The molecule has 0 spiro atoms. The third-order valence-corrected chi connectivity index (χ3v) is 2.41. The number of benzene rings is 1. The van der Waals surface area contributed by atoms with Gasteiger partial charge in [0.05, 0.1) is 19.9 Å². The standard InChI is InChI=1S/C13H14N2O2/c1-16-12-6-4-10(13(9-12)17-2)3-5-11-7-8-14-15-11/h3-9H,1-2H3,(H,14,15)/b5-3+. The van der Waals surface area contributed by atoms with Crippen LogP contribution in [-0.4, -0.2) is 24.4 Å². The zero-order valence-corrected chi connectivity index (χ0v) is 9.81. The van der Waals surface area contributed by atoms with Crippen molar-refractivity contribution >= 4 is 12.2 Å². The Hall–Kier alpha value is -2.23. The van der Waals surface area contributed by atoms with Crippen LogP contribution in [0.15, 0.2) is 30.5 Å². The average molecular weight is 230 g/mol. The lowest BCUT2D eigenvalue weighted by Crippen LogP contribution is -1.89. The zero-order valence-electron chi connectivity index (χ0n) is 9.81. The van der Waals surface area contributed by atoms with Crippen LogP contribution in [0.3, 0.4) is 0 Å². The summed E-state index contributed by atoms with van der Waals surface area (Å²) in [6, 6.07) is 7.60. The first-order valence-electron chi connectivity index (χ1n) is 5.23. The number of aromatic amines is 1. The van der Waals surface area contributed by atoms with Crippen molar-refractivity contribution in [1.29, 1.82) is 0 Å². The maximum absolute atomic E-state index is 5.30. The van der Waals surface area contributed by atoms with Gasteiger partial charge in [-0.05, 0) is 30.4 Å². The van der Waals surface area contributed by atoms with Gasteiger partial charge in [-0.3, -0.25) is 5.10 Å². The number of ether oxygens (including phenoxy) is 2. The number of aromatic nitrogens is 2. The molecule has 0 saturated carbocycles. The van der Waals surface area contributed by atoms with E-state index in [2.05, 4.69) is 10.2 Å². The molecule has 1 N–H and O–H groups in total. The fourth-order valence-electron chi connectivity index (χ4n) is 1.50. The molecule has 0 aliphatic carbocycles. The monoisotopic (exact) mass is 230 g/mol. The van der Waals surface area contributed by atoms with Crippen molar-refractivity contribution in [3.05, 3.63) is 41.7 Å². The first kappa shape index (κ1) is 11.3. The highest BCUT2D eigenvalue weighted by Gasteiger charge is 2.01. The topological polar surface area (TPSA) is 47.1 Å². The lowest BCUT2D eigenvalue weighted by atomic mass is 10.1. The van der Waals surface area contributed by atoms with E-state index in [4.69, 9.17) is 9.47 Å². The van der Waals surface area contributed by atoms with Crippen molar-refractivity contribution < 1.29 is 9.47 Å². The minimum Gasteiger partial charge on any atom is -0.497 e. The molecule has 4 heteroatoms. The largest absolute Gasteiger partial charge is 0.497 e. The highest BCUT2D eigenvalue weighted by molar-refractivity contribution is 5.71. The predicted octanol–water partition coefficient (Wildman–Crippen LogP) is 2.60. The number of hydrogen-bond acceptors (Lipinski definition) is 3. The molecule has 4 nitrogen and oxygen atoms in total. The summed E-state index contributed by atoms with van der Waals surface area (Å²) >= 11 is 0. The molecule has 1 aromatic heterocycles. The number of H-pyrrole nitrogens is 1. The van der Waals surface area contributed by atoms with Crippen molar-refractivity contribution in [2.24, 2.45) is 0 Å². The summed E-state index contributed by atoms with van der Waals surface area (Å²) < 4.78 is 10.4. The Morgan fingerprint density at radius 1 is 1.12 bits per heavy atom. The third kappa shape index (κ3) is 2.66. The normalized spacial score (nSPS) is 10.7. The van der Waals surface area contributed by atoms with Gasteiger partial charge in [-0.2, -0.15) is 5.10 Å². The molecule has 2 rings (SSSR count). The van der Waals surface area contributed by atoms with Gasteiger partial charge in [0.2, 0.25) is 0 Å². The number of nitrogens with zero attached hydrogens (tertiary/aromatic N) is 1. The fourth-order valence-corrected chi connectivity index (χ4v) is 1.50. The van der Waals surface area contributed by atoms with Gasteiger partial charge in [-0.25, -0.2) is 0 Å². The van der Waals surface area contributed by atoms with E-state index in [0.717, 1.165) is 22.8 Å². The molecule has 0 bridgehead atoms. The highest BCUT2D eigenvalue weighted by atomic mass is 16.5. The number of nitrogens with one attached hydrogen (secondary N) is 1. The Labute approximate surface area is 99.9 Å². The van der Waals surface area contributed by atoms with Gasteiger partial charge in [0.1, 0.15) is 11.5 Å². The van der Waals surface area contributed by atoms with E-state index in [1.165, 1.54) is 0 Å². The van der Waals surface area contributed by atoms with E-state index < -0.39 is 0 Å². The fraction of sp³-hybridized carbons (Fsp3) is 0.154. The van der Waals surface area contributed by atoms with Gasteiger partial charge < -0.3 is 9.47 Å². The summed E-state index contributed by atoms with van der Waals surface area (Å²) in [6.45, 7) is 0. The molecule has 0 aliphatic rings. The minimum atomic E-state index is 0.778. The maximum atomic E-state index is 5.30. The van der Waals surface area contributed by atoms with Gasteiger partial charge in [-0.1, -0.05) is 0 Å². The van der Waals surface area contributed by atoms with Gasteiger partial charge in [0.25, 0.3) is 0 Å². The van der Waals surface area contributed by atoms with E-state index >= 15 is 0 Å². The van der Waals surface area contributed by atoms with Crippen LogP contribution in [0.5, 0.6) is 11.5 Å². The minimum absolute atomic E-state index is 0.778. The highest BCUT2D eigenvalue weighted by Crippen LogP contribution is 2.25.